The number of amides is 1. The van der Waals surface area contributed by atoms with E-state index in [0.717, 1.165) is 5.56 Å². The molecule has 33 heavy (non-hydrogen) atoms. The van der Waals surface area contributed by atoms with Crippen molar-refractivity contribution in [2.75, 3.05) is 13.2 Å². The average molecular weight is 442 g/mol. The molecule has 166 valence electrons. The van der Waals surface area contributed by atoms with Crippen LogP contribution in [0.25, 0.3) is 16.7 Å². The van der Waals surface area contributed by atoms with Gasteiger partial charge in [0.15, 0.2) is 5.49 Å². The van der Waals surface area contributed by atoms with Gasteiger partial charge in [-0.3, -0.25) is 19.0 Å². The van der Waals surface area contributed by atoms with Crippen LogP contribution in [0.3, 0.4) is 0 Å². The molecule has 4 rings (SSSR count). The minimum Gasteiger partial charge on any atom is -0.382 e. The molecule has 0 radical (unpaired) electrons. The number of hydrogen-bond donors (Lipinski definition) is 0. The van der Waals surface area contributed by atoms with Gasteiger partial charge in [0.25, 0.3) is 11.5 Å². The van der Waals surface area contributed by atoms with Crippen molar-refractivity contribution in [3.05, 3.63) is 81.5 Å². The molecule has 0 saturated carbocycles. The van der Waals surface area contributed by atoms with E-state index in [-0.39, 0.29) is 22.0 Å². The summed E-state index contributed by atoms with van der Waals surface area (Å²) < 4.78 is 8.58. The van der Waals surface area contributed by atoms with Crippen LogP contribution in [0, 0.1) is 18.3 Å². The Balaban J connectivity index is 2.04. The van der Waals surface area contributed by atoms with E-state index in [1.807, 2.05) is 19.9 Å². The van der Waals surface area contributed by atoms with Crippen molar-refractivity contribution in [1.29, 1.82) is 5.26 Å². The number of carbonyl (C=O) groups is 1. The van der Waals surface area contributed by atoms with Crippen molar-refractivity contribution in [3.8, 4) is 6.07 Å². The van der Waals surface area contributed by atoms with Crippen LogP contribution in [-0.4, -0.2) is 38.1 Å². The summed E-state index contributed by atoms with van der Waals surface area (Å²) in [5, 5.41) is 10.1. The maximum atomic E-state index is 13.3. The van der Waals surface area contributed by atoms with Crippen LogP contribution in [0.15, 0.2) is 58.7 Å². The second-order valence-electron chi connectivity index (χ2n) is 7.39. The number of pyridine rings is 3. The molecule has 0 bridgehead atoms. The zero-order valence-corrected chi connectivity index (χ0v) is 18.4. The molecule has 0 atom stereocenters. The van der Waals surface area contributed by atoms with Crippen molar-refractivity contribution < 1.29 is 9.53 Å². The molecule has 0 aliphatic rings. The first-order valence-electron chi connectivity index (χ1n) is 10.6. The Bertz CT molecular complexity index is 1510. The fourth-order valence-corrected chi connectivity index (χ4v) is 3.62. The van der Waals surface area contributed by atoms with Crippen LogP contribution >= 0.6 is 0 Å². The molecule has 0 aliphatic carbocycles. The van der Waals surface area contributed by atoms with Gasteiger partial charge >= 0.3 is 0 Å². The molecule has 4 aromatic rings. The summed E-state index contributed by atoms with van der Waals surface area (Å²) in [6.07, 6.45) is 5.21. The Labute approximate surface area is 189 Å². The molecule has 0 saturated heterocycles. The largest absolute Gasteiger partial charge is 0.382 e. The lowest BCUT2D eigenvalue weighted by molar-refractivity contribution is 0.0996. The molecular weight excluding hydrogens is 420 g/mol. The summed E-state index contributed by atoms with van der Waals surface area (Å²) in [6.45, 7) is 5.18. The van der Waals surface area contributed by atoms with Crippen LogP contribution in [-0.2, 0) is 11.3 Å². The molecule has 9 heteroatoms. The fourth-order valence-electron chi connectivity index (χ4n) is 3.62. The summed E-state index contributed by atoms with van der Waals surface area (Å²) in [4.78, 5) is 39.1. The van der Waals surface area contributed by atoms with Crippen LogP contribution < -0.4 is 11.0 Å². The molecule has 0 N–H and O–H groups in total. The first-order valence-corrected chi connectivity index (χ1v) is 10.6. The lowest BCUT2D eigenvalue weighted by Crippen LogP contribution is -2.30. The molecular formula is C24H22N6O3. The number of aromatic nitrogens is 4. The van der Waals surface area contributed by atoms with E-state index >= 15 is 0 Å². The number of nitriles is 1. The summed E-state index contributed by atoms with van der Waals surface area (Å²) in [6, 6.07) is 10.4. The third-order valence-corrected chi connectivity index (χ3v) is 5.22. The Hall–Kier alpha value is -4.16. The van der Waals surface area contributed by atoms with Gasteiger partial charge < -0.3 is 9.30 Å². The van der Waals surface area contributed by atoms with E-state index in [9.17, 15) is 14.9 Å². The van der Waals surface area contributed by atoms with Gasteiger partial charge in [-0.1, -0.05) is 6.07 Å². The second-order valence-corrected chi connectivity index (χ2v) is 7.39. The maximum absolute atomic E-state index is 13.3. The number of aryl methyl sites for hydroxylation is 2. The highest BCUT2D eigenvalue weighted by Gasteiger charge is 2.16. The summed E-state index contributed by atoms with van der Waals surface area (Å²) >= 11 is 0. The van der Waals surface area contributed by atoms with E-state index in [1.54, 1.807) is 35.2 Å². The average Bonchev–Trinajstić information content (AvgIpc) is 2.84. The summed E-state index contributed by atoms with van der Waals surface area (Å²) in [5.41, 5.74) is 1.96. The zero-order valence-electron chi connectivity index (χ0n) is 18.4. The zero-order chi connectivity index (χ0) is 23.4. The highest BCUT2D eigenvalue weighted by molar-refractivity contribution is 5.94. The quantitative estimate of drug-likeness (QED) is 0.335. The van der Waals surface area contributed by atoms with Crippen molar-refractivity contribution in [2.45, 2.75) is 26.8 Å². The molecule has 4 heterocycles. The highest BCUT2D eigenvalue weighted by Crippen LogP contribution is 2.13. The number of ether oxygens (including phenoxy) is 1. The number of nitrogens with zero attached hydrogens (tertiary/aromatic N) is 6. The molecule has 0 aliphatic heterocycles. The first-order chi connectivity index (χ1) is 16.0. The van der Waals surface area contributed by atoms with Crippen molar-refractivity contribution in [1.82, 2.24) is 18.9 Å². The first kappa shape index (κ1) is 22.0. The molecule has 0 spiro atoms. The normalized spacial score (nSPS) is 11.7. The standard InChI is InChI=1S/C24H22N6O3/c1-3-33-12-6-11-29-21(28-23(31)17-8-4-9-26-15-17)18(14-25)13-19-22(29)27-20-16(2)7-5-10-30(20)24(19)32/h4-5,7-10,13,15H,3,6,11-12H2,1-2H3. The Morgan fingerprint density at radius 2 is 2.12 bits per heavy atom. The van der Waals surface area contributed by atoms with E-state index in [1.165, 1.54) is 16.7 Å². The van der Waals surface area contributed by atoms with Gasteiger partial charge in [0, 0.05) is 38.3 Å². The molecule has 0 fully saturated rings. The lowest BCUT2D eigenvalue weighted by Gasteiger charge is -2.14. The van der Waals surface area contributed by atoms with Gasteiger partial charge in [-0.2, -0.15) is 10.3 Å². The van der Waals surface area contributed by atoms with E-state index in [4.69, 9.17) is 9.72 Å². The summed E-state index contributed by atoms with van der Waals surface area (Å²) in [5.74, 6) is -0.536. The van der Waals surface area contributed by atoms with Crippen molar-refractivity contribution in [2.24, 2.45) is 4.99 Å². The van der Waals surface area contributed by atoms with Gasteiger partial charge in [0.2, 0.25) is 0 Å². The van der Waals surface area contributed by atoms with E-state index in [2.05, 4.69) is 16.0 Å². The molecule has 0 aromatic carbocycles. The molecule has 9 nitrogen and oxygen atoms in total. The number of carbonyl (C=O) groups excluding carboxylic acids is 1. The van der Waals surface area contributed by atoms with Gasteiger partial charge in [0.1, 0.15) is 17.4 Å². The Kier molecular flexibility index (Phi) is 6.38. The maximum Gasteiger partial charge on any atom is 0.280 e. The monoisotopic (exact) mass is 442 g/mol. The number of hydrogen-bond acceptors (Lipinski definition) is 6. The highest BCUT2D eigenvalue weighted by atomic mass is 16.5. The van der Waals surface area contributed by atoms with Crippen molar-refractivity contribution in [3.63, 3.8) is 0 Å². The predicted octanol–water partition coefficient (Wildman–Crippen LogP) is 2.39. The third kappa shape index (κ3) is 4.29. The smallest absolute Gasteiger partial charge is 0.280 e. The Morgan fingerprint density at radius 1 is 1.27 bits per heavy atom. The van der Waals surface area contributed by atoms with Gasteiger partial charge in [-0.05, 0) is 50.1 Å². The predicted molar refractivity (Wildman–Crippen MR) is 122 cm³/mol. The van der Waals surface area contributed by atoms with Gasteiger partial charge in [-0.15, -0.1) is 0 Å². The van der Waals surface area contributed by atoms with Crippen LogP contribution in [0.2, 0.25) is 0 Å². The van der Waals surface area contributed by atoms with Gasteiger partial charge in [0.05, 0.1) is 16.5 Å². The number of rotatable bonds is 6. The van der Waals surface area contributed by atoms with E-state index < -0.39 is 5.91 Å². The molecule has 1 amide bonds. The third-order valence-electron chi connectivity index (χ3n) is 5.22. The van der Waals surface area contributed by atoms with Gasteiger partial charge in [-0.25, -0.2) is 4.98 Å². The van der Waals surface area contributed by atoms with Crippen molar-refractivity contribution >= 4 is 22.6 Å². The fraction of sp³-hybridized carbons (Fsp3) is 0.250. The van der Waals surface area contributed by atoms with Crippen LogP contribution in [0.4, 0.5) is 0 Å². The topological polar surface area (TPSA) is 115 Å². The molecule has 0 unspecified atom stereocenters. The second kappa shape index (κ2) is 9.54. The minimum absolute atomic E-state index is 0.114. The molecule has 4 aromatic heterocycles. The lowest BCUT2D eigenvalue weighted by atomic mass is 10.2. The number of fused-ring (bicyclic) bond motifs is 2. The SMILES string of the molecule is CCOCCCn1c(=NC(=O)c2cccnc2)c(C#N)cc2c(=O)n3cccc(C)c3nc21. The van der Waals surface area contributed by atoms with Crippen LogP contribution in [0.5, 0.6) is 0 Å². The summed E-state index contributed by atoms with van der Waals surface area (Å²) in [7, 11) is 0. The minimum atomic E-state index is -0.536. The van der Waals surface area contributed by atoms with E-state index in [0.29, 0.717) is 43.0 Å². The Morgan fingerprint density at radius 3 is 2.85 bits per heavy atom. The van der Waals surface area contributed by atoms with Crippen LogP contribution in [0.1, 0.15) is 34.8 Å².